The monoisotopic (exact) mass is 497 g/mol. The van der Waals surface area contributed by atoms with E-state index in [1.807, 2.05) is 29.2 Å². The van der Waals surface area contributed by atoms with Gasteiger partial charge in [0.25, 0.3) is 10.0 Å². The molecule has 3 aromatic carbocycles. The molecule has 4 rings (SSSR count). The number of aliphatic hydroxyl groups is 1. The molecule has 186 valence electrons. The maximum Gasteiger partial charge on any atom is 0.262 e. The van der Waals surface area contributed by atoms with Crippen molar-refractivity contribution in [1.29, 1.82) is 0 Å². The summed E-state index contributed by atoms with van der Waals surface area (Å²) in [5, 5.41) is 11.1. The summed E-state index contributed by atoms with van der Waals surface area (Å²) in [5.41, 5.74) is 1.91. The van der Waals surface area contributed by atoms with Gasteiger partial charge in [-0.2, -0.15) is 0 Å². The van der Waals surface area contributed by atoms with Crippen LogP contribution in [0.4, 0.5) is 11.4 Å². The van der Waals surface area contributed by atoms with E-state index in [0.29, 0.717) is 36.6 Å². The van der Waals surface area contributed by atoms with Gasteiger partial charge in [0.1, 0.15) is 17.7 Å². The number of methoxy groups -OCH3 is 2. The Kier molecular flexibility index (Phi) is 7.80. The van der Waals surface area contributed by atoms with E-state index in [2.05, 4.69) is 9.62 Å². The van der Waals surface area contributed by atoms with Gasteiger partial charge in [-0.15, -0.1) is 0 Å². The first kappa shape index (κ1) is 24.8. The second kappa shape index (κ2) is 11.0. The van der Waals surface area contributed by atoms with Crippen LogP contribution in [0.5, 0.6) is 11.5 Å². The summed E-state index contributed by atoms with van der Waals surface area (Å²) < 4.78 is 39.4. The van der Waals surface area contributed by atoms with Gasteiger partial charge in [0, 0.05) is 26.2 Å². The Morgan fingerprint density at radius 3 is 2.34 bits per heavy atom. The smallest absolute Gasteiger partial charge is 0.262 e. The zero-order valence-electron chi connectivity index (χ0n) is 19.9. The van der Waals surface area contributed by atoms with Crippen LogP contribution in [0.25, 0.3) is 0 Å². The van der Waals surface area contributed by atoms with E-state index < -0.39 is 16.3 Å². The van der Waals surface area contributed by atoms with E-state index in [4.69, 9.17) is 9.47 Å². The van der Waals surface area contributed by atoms with Gasteiger partial charge < -0.3 is 19.5 Å². The van der Waals surface area contributed by atoms with E-state index in [9.17, 15) is 13.5 Å². The van der Waals surface area contributed by atoms with Gasteiger partial charge in [0.05, 0.1) is 30.5 Å². The number of aliphatic hydroxyl groups excluding tert-OH is 1. The number of anilines is 2. The van der Waals surface area contributed by atoms with E-state index in [1.54, 1.807) is 43.5 Å². The molecule has 8 nitrogen and oxygen atoms in total. The second-order valence-corrected chi connectivity index (χ2v) is 9.98. The van der Waals surface area contributed by atoms with Crippen LogP contribution in [0.15, 0.2) is 77.7 Å². The molecule has 0 amide bonds. The van der Waals surface area contributed by atoms with Gasteiger partial charge in [-0.1, -0.05) is 36.4 Å². The first-order valence-electron chi connectivity index (χ1n) is 11.5. The van der Waals surface area contributed by atoms with E-state index in [1.165, 1.54) is 19.2 Å². The zero-order chi connectivity index (χ0) is 24.8. The number of rotatable bonds is 8. The fraction of sp³-hybridized carbons (Fsp3) is 0.308. The topological polar surface area (TPSA) is 91.3 Å². The van der Waals surface area contributed by atoms with Crippen molar-refractivity contribution < 1.29 is 23.0 Å². The molecule has 1 saturated heterocycles. The Bertz CT molecular complexity index is 1250. The maximum atomic E-state index is 13.1. The summed E-state index contributed by atoms with van der Waals surface area (Å²) in [5.74, 6) is 1.25. The van der Waals surface area contributed by atoms with Crippen molar-refractivity contribution in [1.82, 2.24) is 4.90 Å². The molecule has 1 heterocycles. The molecule has 35 heavy (non-hydrogen) atoms. The number of ether oxygens (including phenoxy) is 2. The Morgan fingerprint density at radius 2 is 1.57 bits per heavy atom. The molecule has 0 aromatic heterocycles. The minimum atomic E-state index is -3.87. The molecule has 0 radical (unpaired) electrons. The minimum absolute atomic E-state index is 0.0745. The lowest BCUT2D eigenvalue weighted by Gasteiger charge is -2.28. The second-order valence-electron chi connectivity index (χ2n) is 8.30. The number of para-hydroxylation sites is 4. The van der Waals surface area contributed by atoms with E-state index in [-0.39, 0.29) is 4.90 Å². The van der Waals surface area contributed by atoms with Gasteiger partial charge in [0.15, 0.2) is 0 Å². The zero-order valence-corrected chi connectivity index (χ0v) is 20.7. The number of benzene rings is 3. The van der Waals surface area contributed by atoms with Crippen LogP contribution in [0.1, 0.15) is 18.2 Å². The highest BCUT2D eigenvalue weighted by atomic mass is 32.2. The number of nitrogens with zero attached hydrogens (tertiary/aromatic N) is 2. The summed E-state index contributed by atoms with van der Waals surface area (Å²) in [7, 11) is -0.725. The third-order valence-corrected chi connectivity index (χ3v) is 7.48. The fourth-order valence-corrected chi connectivity index (χ4v) is 5.42. The Hall–Kier alpha value is -3.27. The fourth-order valence-electron chi connectivity index (χ4n) is 4.30. The summed E-state index contributed by atoms with van der Waals surface area (Å²) in [4.78, 5) is 4.30. The Balaban J connectivity index is 1.49. The molecule has 0 bridgehead atoms. The Morgan fingerprint density at radius 1 is 0.857 bits per heavy atom. The summed E-state index contributed by atoms with van der Waals surface area (Å²) >= 11 is 0. The van der Waals surface area contributed by atoms with Crippen LogP contribution in [-0.2, 0) is 10.0 Å². The van der Waals surface area contributed by atoms with Crippen LogP contribution in [0, 0.1) is 0 Å². The van der Waals surface area contributed by atoms with Crippen molar-refractivity contribution in [2.45, 2.75) is 17.5 Å². The number of nitrogens with one attached hydrogen (secondary N) is 1. The summed E-state index contributed by atoms with van der Waals surface area (Å²) in [6.45, 7) is 2.85. The molecule has 1 atom stereocenters. The van der Waals surface area contributed by atoms with E-state index in [0.717, 1.165) is 24.4 Å². The quantitative estimate of drug-likeness (QED) is 0.490. The average Bonchev–Trinajstić information content (AvgIpc) is 3.15. The molecule has 3 aromatic rings. The third kappa shape index (κ3) is 5.70. The van der Waals surface area contributed by atoms with Gasteiger partial charge in [0.2, 0.25) is 0 Å². The average molecular weight is 498 g/mol. The maximum absolute atomic E-state index is 13.1. The van der Waals surface area contributed by atoms with Gasteiger partial charge in [-0.25, -0.2) is 8.42 Å². The molecule has 9 heteroatoms. The SMILES string of the molecule is COc1ccccc1NS(=O)(=O)c1cccc(C(O)N2CCCN(c3ccccc3OC)CC2)c1. The summed E-state index contributed by atoms with van der Waals surface area (Å²) in [6.07, 6.45) is -0.0725. The molecular weight excluding hydrogens is 466 g/mol. The predicted molar refractivity (Wildman–Crippen MR) is 137 cm³/mol. The van der Waals surface area contributed by atoms with Crippen molar-refractivity contribution in [3.8, 4) is 11.5 Å². The van der Waals surface area contributed by atoms with Crippen LogP contribution in [0.3, 0.4) is 0 Å². The molecule has 2 N–H and O–H groups in total. The first-order valence-corrected chi connectivity index (χ1v) is 13.0. The number of hydrogen-bond acceptors (Lipinski definition) is 7. The summed E-state index contributed by atoms with van der Waals surface area (Å²) in [6, 6.07) is 21.2. The molecule has 0 aliphatic carbocycles. The Labute approximate surface area is 206 Å². The molecule has 1 aliphatic heterocycles. The normalized spacial score (nSPS) is 15.8. The predicted octanol–water partition coefficient (Wildman–Crippen LogP) is 3.71. The van der Waals surface area contributed by atoms with Crippen molar-refractivity contribution >= 4 is 21.4 Å². The molecule has 0 spiro atoms. The highest BCUT2D eigenvalue weighted by Crippen LogP contribution is 2.30. The highest BCUT2D eigenvalue weighted by molar-refractivity contribution is 7.92. The standard InChI is InChI=1S/C26H31N3O5S/c1-33-24-13-5-3-11-22(24)27-35(31,32)21-10-7-9-20(19-21)26(30)29-16-8-15-28(17-18-29)23-12-4-6-14-25(23)34-2/h3-7,9-14,19,26-27,30H,8,15-18H2,1-2H3. The van der Waals surface area contributed by atoms with Crippen LogP contribution in [-0.4, -0.2) is 58.8 Å². The minimum Gasteiger partial charge on any atom is -0.495 e. The van der Waals surface area contributed by atoms with Gasteiger partial charge in [-0.05, 0) is 48.4 Å². The van der Waals surface area contributed by atoms with Crippen molar-refractivity contribution in [2.75, 3.05) is 50.0 Å². The molecule has 1 unspecified atom stereocenters. The lowest BCUT2D eigenvalue weighted by atomic mass is 10.2. The molecule has 1 fully saturated rings. The van der Waals surface area contributed by atoms with E-state index >= 15 is 0 Å². The van der Waals surface area contributed by atoms with Crippen LogP contribution < -0.4 is 19.1 Å². The lowest BCUT2D eigenvalue weighted by Crippen LogP contribution is -2.33. The molecule has 1 aliphatic rings. The lowest BCUT2D eigenvalue weighted by molar-refractivity contribution is 0.00632. The van der Waals surface area contributed by atoms with Crippen LogP contribution in [0.2, 0.25) is 0 Å². The van der Waals surface area contributed by atoms with Crippen LogP contribution >= 0.6 is 0 Å². The van der Waals surface area contributed by atoms with Crippen molar-refractivity contribution in [2.24, 2.45) is 0 Å². The van der Waals surface area contributed by atoms with Crippen molar-refractivity contribution in [3.63, 3.8) is 0 Å². The van der Waals surface area contributed by atoms with Crippen molar-refractivity contribution in [3.05, 3.63) is 78.4 Å². The van der Waals surface area contributed by atoms with Gasteiger partial charge in [-0.3, -0.25) is 9.62 Å². The number of sulfonamides is 1. The van der Waals surface area contributed by atoms with Gasteiger partial charge >= 0.3 is 0 Å². The highest BCUT2D eigenvalue weighted by Gasteiger charge is 2.24. The molecule has 0 saturated carbocycles. The largest absolute Gasteiger partial charge is 0.495 e. The number of hydrogen-bond donors (Lipinski definition) is 2. The first-order chi connectivity index (χ1) is 16.9. The third-order valence-electron chi connectivity index (χ3n) is 6.12. The molecular formula is C26H31N3O5S.